The summed E-state index contributed by atoms with van der Waals surface area (Å²) in [7, 11) is 3.54. The molecule has 1 aliphatic heterocycles. The van der Waals surface area contributed by atoms with Crippen LogP contribution in [0.25, 0.3) is 0 Å². The van der Waals surface area contributed by atoms with Crippen molar-refractivity contribution in [2.24, 2.45) is 4.99 Å². The molecule has 1 heterocycles. The molecule has 1 fully saturated rings. The summed E-state index contributed by atoms with van der Waals surface area (Å²) in [4.78, 5) is 7.76. The monoisotopic (exact) mass is 511 g/mol. The molecule has 1 saturated heterocycles. The zero-order chi connectivity index (χ0) is 18.6. The summed E-state index contributed by atoms with van der Waals surface area (Å²) in [5, 5.41) is 3.42. The van der Waals surface area contributed by atoms with Crippen molar-refractivity contribution in [1.82, 2.24) is 10.2 Å². The van der Waals surface area contributed by atoms with Crippen LogP contribution in [-0.4, -0.2) is 69.7 Å². The van der Waals surface area contributed by atoms with Gasteiger partial charge >= 0.3 is 0 Å². The van der Waals surface area contributed by atoms with Gasteiger partial charge in [-0.2, -0.15) is 0 Å². The molecule has 0 spiro atoms. The molecule has 1 aromatic carbocycles. The normalized spacial score (nSPS) is 15.5. The molecule has 1 aliphatic rings. The van der Waals surface area contributed by atoms with E-state index in [9.17, 15) is 4.39 Å². The van der Waals surface area contributed by atoms with Gasteiger partial charge in [0.15, 0.2) is 5.96 Å². The Morgan fingerprint density at radius 1 is 1.26 bits per heavy atom. The summed E-state index contributed by atoms with van der Waals surface area (Å²) in [5.41, 5.74) is 0. The Morgan fingerprint density at radius 2 is 1.96 bits per heavy atom. The van der Waals surface area contributed by atoms with Crippen LogP contribution in [0.3, 0.4) is 0 Å². The number of hydrogen-bond donors (Lipinski definition) is 1. The number of ether oxygens (including phenoxy) is 2. The van der Waals surface area contributed by atoms with Gasteiger partial charge in [0.1, 0.15) is 5.82 Å². The average Bonchev–Trinajstić information content (AvgIpc) is 2.67. The molecule has 0 aliphatic carbocycles. The predicted octanol–water partition coefficient (Wildman–Crippen LogP) is 3.63. The molecule has 0 unspecified atom stereocenters. The maximum Gasteiger partial charge on any atom is 0.193 e. The SMILES string of the molecule is CN=C(NCCSc1ccc(F)cc1)N1CCC(OCCCOC)CC1.I. The van der Waals surface area contributed by atoms with Gasteiger partial charge in [0.2, 0.25) is 0 Å². The van der Waals surface area contributed by atoms with Crippen molar-refractivity contribution in [2.75, 3.05) is 52.8 Å². The van der Waals surface area contributed by atoms with Gasteiger partial charge in [-0.25, -0.2) is 4.39 Å². The molecule has 0 radical (unpaired) electrons. The second-order valence-electron chi connectivity index (χ2n) is 6.18. The van der Waals surface area contributed by atoms with Crippen molar-refractivity contribution in [3.05, 3.63) is 30.1 Å². The summed E-state index contributed by atoms with van der Waals surface area (Å²) in [6, 6.07) is 6.62. The number of piperidine rings is 1. The van der Waals surface area contributed by atoms with Crippen LogP contribution in [0.1, 0.15) is 19.3 Å². The molecule has 0 saturated carbocycles. The molecule has 1 N–H and O–H groups in total. The van der Waals surface area contributed by atoms with Gasteiger partial charge in [-0.05, 0) is 43.5 Å². The number of rotatable bonds is 9. The first-order valence-corrected chi connectivity index (χ1v) is 10.2. The molecule has 8 heteroatoms. The highest BCUT2D eigenvalue weighted by Crippen LogP contribution is 2.17. The van der Waals surface area contributed by atoms with Gasteiger partial charge in [0, 0.05) is 57.7 Å². The van der Waals surface area contributed by atoms with Crippen LogP contribution in [-0.2, 0) is 9.47 Å². The number of guanidine groups is 1. The van der Waals surface area contributed by atoms with E-state index >= 15 is 0 Å². The first kappa shape index (κ1) is 24.5. The van der Waals surface area contributed by atoms with Crippen LogP contribution in [0.4, 0.5) is 4.39 Å². The topological polar surface area (TPSA) is 46.1 Å². The van der Waals surface area contributed by atoms with E-state index in [0.717, 1.165) is 68.7 Å². The summed E-state index contributed by atoms with van der Waals surface area (Å²) in [6.45, 7) is 4.26. The van der Waals surface area contributed by atoms with E-state index in [1.165, 1.54) is 12.1 Å². The van der Waals surface area contributed by atoms with E-state index in [4.69, 9.17) is 9.47 Å². The highest BCUT2D eigenvalue weighted by atomic mass is 127. The highest BCUT2D eigenvalue weighted by Gasteiger charge is 2.21. The molecule has 154 valence electrons. The third-order valence-electron chi connectivity index (χ3n) is 4.27. The second-order valence-corrected chi connectivity index (χ2v) is 7.35. The number of thioether (sulfide) groups is 1. The lowest BCUT2D eigenvalue weighted by molar-refractivity contribution is 0.00993. The van der Waals surface area contributed by atoms with Gasteiger partial charge in [0.25, 0.3) is 0 Å². The van der Waals surface area contributed by atoms with E-state index in [0.29, 0.717) is 6.10 Å². The number of benzene rings is 1. The number of likely N-dealkylation sites (tertiary alicyclic amines) is 1. The Kier molecular flexibility index (Phi) is 13.1. The van der Waals surface area contributed by atoms with Crippen LogP contribution >= 0.6 is 35.7 Å². The smallest absolute Gasteiger partial charge is 0.193 e. The zero-order valence-electron chi connectivity index (χ0n) is 16.2. The Morgan fingerprint density at radius 3 is 2.59 bits per heavy atom. The van der Waals surface area contributed by atoms with Crippen molar-refractivity contribution < 1.29 is 13.9 Å². The van der Waals surface area contributed by atoms with E-state index in [1.54, 1.807) is 18.9 Å². The third kappa shape index (κ3) is 9.45. The molecular weight excluding hydrogens is 480 g/mol. The van der Waals surface area contributed by atoms with Crippen LogP contribution < -0.4 is 5.32 Å². The lowest BCUT2D eigenvalue weighted by Gasteiger charge is -2.34. The molecule has 0 amide bonds. The standard InChI is InChI=1S/C19H30FN3O2S.HI/c1-21-19(22-10-15-26-18-6-4-16(20)5-7-18)23-11-8-17(9-12-23)25-14-3-13-24-2;/h4-7,17H,3,8-15H2,1-2H3,(H,21,22);1H. The lowest BCUT2D eigenvalue weighted by atomic mass is 10.1. The van der Waals surface area contributed by atoms with Crippen molar-refractivity contribution in [3.63, 3.8) is 0 Å². The molecule has 27 heavy (non-hydrogen) atoms. The molecule has 5 nitrogen and oxygen atoms in total. The highest BCUT2D eigenvalue weighted by molar-refractivity contribution is 14.0. The number of halogens is 2. The van der Waals surface area contributed by atoms with Crippen molar-refractivity contribution in [1.29, 1.82) is 0 Å². The minimum absolute atomic E-state index is 0. The van der Waals surface area contributed by atoms with Gasteiger partial charge in [0.05, 0.1) is 6.10 Å². The molecule has 0 bridgehead atoms. The molecular formula is C19H31FIN3O2S. The fourth-order valence-electron chi connectivity index (χ4n) is 2.88. The summed E-state index contributed by atoms with van der Waals surface area (Å²) in [5.74, 6) is 1.66. The fourth-order valence-corrected chi connectivity index (χ4v) is 3.65. The van der Waals surface area contributed by atoms with E-state index in [1.807, 2.05) is 19.2 Å². The van der Waals surface area contributed by atoms with Crippen molar-refractivity contribution in [3.8, 4) is 0 Å². The quantitative estimate of drug-likeness (QED) is 0.181. The summed E-state index contributed by atoms with van der Waals surface area (Å²) >= 11 is 1.71. The van der Waals surface area contributed by atoms with E-state index in [2.05, 4.69) is 15.2 Å². The number of methoxy groups -OCH3 is 1. The van der Waals surface area contributed by atoms with Gasteiger partial charge < -0.3 is 19.7 Å². The number of aliphatic imine (C=N–C) groups is 1. The number of nitrogens with zero attached hydrogens (tertiary/aromatic N) is 2. The minimum Gasteiger partial charge on any atom is -0.385 e. The van der Waals surface area contributed by atoms with Crippen molar-refractivity contribution >= 4 is 41.7 Å². The number of nitrogens with one attached hydrogen (secondary N) is 1. The minimum atomic E-state index is -0.195. The Hall–Kier alpha value is -0.580. The summed E-state index contributed by atoms with van der Waals surface area (Å²) < 4.78 is 23.9. The Bertz CT molecular complexity index is 540. The zero-order valence-corrected chi connectivity index (χ0v) is 19.3. The van der Waals surface area contributed by atoms with Crippen LogP contribution in [0, 0.1) is 5.82 Å². The van der Waals surface area contributed by atoms with Gasteiger partial charge in [-0.1, -0.05) is 0 Å². The molecule has 0 aromatic heterocycles. The average molecular weight is 511 g/mol. The van der Waals surface area contributed by atoms with Crippen LogP contribution in [0.5, 0.6) is 0 Å². The first-order chi connectivity index (χ1) is 12.7. The van der Waals surface area contributed by atoms with Crippen LogP contribution in [0.2, 0.25) is 0 Å². The van der Waals surface area contributed by atoms with Gasteiger partial charge in [-0.15, -0.1) is 35.7 Å². The summed E-state index contributed by atoms with van der Waals surface area (Å²) in [6.07, 6.45) is 3.34. The van der Waals surface area contributed by atoms with Crippen molar-refractivity contribution in [2.45, 2.75) is 30.3 Å². The number of hydrogen-bond acceptors (Lipinski definition) is 4. The molecule has 0 atom stereocenters. The molecule has 2 rings (SSSR count). The van der Waals surface area contributed by atoms with Gasteiger partial charge in [-0.3, -0.25) is 4.99 Å². The Labute approximate surface area is 183 Å². The largest absolute Gasteiger partial charge is 0.385 e. The lowest BCUT2D eigenvalue weighted by Crippen LogP contribution is -2.47. The Balaban J connectivity index is 0.00000364. The van der Waals surface area contributed by atoms with E-state index < -0.39 is 0 Å². The third-order valence-corrected chi connectivity index (χ3v) is 5.28. The van der Waals surface area contributed by atoms with E-state index in [-0.39, 0.29) is 29.8 Å². The maximum atomic E-state index is 12.9. The molecule has 1 aromatic rings. The maximum absolute atomic E-state index is 12.9. The predicted molar refractivity (Wildman–Crippen MR) is 121 cm³/mol. The first-order valence-electron chi connectivity index (χ1n) is 9.17. The second kappa shape index (κ2) is 14.4. The fraction of sp³-hybridized carbons (Fsp3) is 0.632. The van der Waals surface area contributed by atoms with Crippen LogP contribution in [0.15, 0.2) is 34.2 Å².